The number of carbonyl (C=O) groups excluding carboxylic acids is 1. The molecule has 4 rings (SSSR count). The fourth-order valence-corrected chi connectivity index (χ4v) is 4.27. The van der Waals surface area contributed by atoms with Crippen LogP contribution in [0.5, 0.6) is 5.75 Å². The van der Waals surface area contributed by atoms with E-state index in [4.69, 9.17) is 4.42 Å². The van der Waals surface area contributed by atoms with Gasteiger partial charge in [0.25, 0.3) is 5.91 Å². The van der Waals surface area contributed by atoms with Crippen LogP contribution in [0.25, 0.3) is 33.4 Å². The second kappa shape index (κ2) is 9.07. The fraction of sp³-hybridized carbons (Fsp3) is 0.0800. The first-order valence-electron chi connectivity index (χ1n) is 10.3. The third-order valence-corrected chi connectivity index (χ3v) is 6.67. The average Bonchev–Trinajstić information content (AvgIpc) is 2.81. The third-order valence-electron chi connectivity index (χ3n) is 5.38. The lowest BCUT2D eigenvalue weighted by Gasteiger charge is -2.17. The van der Waals surface area contributed by atoms with Crippen molar-refractivity contribution in [1.82, 2.24) is 5.32 Å². The normalized spacial score (nSPS) is 11.4. The minimum atomic E-state index is -3.51. The largest absolute Gasteiger partial charge is 0.508 e. The molecule has 0 spiro atoms. The molecule has 2 aromatic rings. The number of fused-ring (bicyclic) bond motifs is 2. The number of carboxylic acid groups (broad SMARTS) is 1. The molecule has 0 saturated heterocycles. The van der Waals surface area contributed by atoms with Gasteiger partial charge in [0, 0.05) is 46.2 Å². The molecular formula is C25H19NO8S. The molecule has 1 amide bonds. The summed E-state index contributed by atoms with van der Waals surface area (Å²) in [6.07, 6.45) is 0. The average molecular weight is 493 g/mol. The van der Waals surface area contributed by atoms with Crippen LogP contribution < -0.4 is 10.7 Å². The van der Waals surface area contributed by atoms with Crippen LogP contribution in [-0.4, -0.2) is 42.8 Å². The Kier molecular flexibility index (Phi) is 6.14. The number of hydrogen-bond acceptors (Lipinski definition) is 7. The number of benzene rings is 3. The Labute approximate surface area is 199 Å². The van der Waals surface area contributed by atoms with Gasteiger partial charge in [-0.25, -0.2) is 13.2 Å². The number of carbonyl (C=O) groups is 2. The lowest BCUT2D eigenvalue weighted by atomic mass is 9.89. The van der Waals surface area contributed by atoms with Crippen molar-refractivity contribution in [2.24, 2.45) is 0 Å². The summed E-state index contributed by atoms with van der Waals surface area (Å²) in [5, 5.41) is 23.5. The molecule has 0 bridgehead atoms. The molecule has 0 unspecified atom stereocenters. The summed E-state index contributed by atoms with van der Waals surface area (Å²) in [6, 6.07) is 12.3. The molecule has 0 aromatic heterocycles. The molecule has 0 fully saturated rings. The van der Waals surface area contributed by atoms with Crippen molar-refractivity contribution in [2.75, 3.05) is 12.3 Å². The van der Waals surface area contributed by atoms with Crippen molar-refractivity contribution >= 4 is 32.7 Å². The monoisotopic (exact) mass is 493 g/mol. The lowest BCUT2D eigenvalue weighted by Crippen LogP contribution is -2.28. The zero-order chi connectivity index (χ0) is 25.3. The molecule has 9 nitrogen and oxygen atoms in total. The van der Waals surface area contributed by atoms with E-state index < -0.39 is 21.7 Å². The first-order chi connectivity index (χ1) is 16.6. The first-order valence-corrected chi connectivity index (χ1v) is 12.0. The number of aromatic carboxylic acids is 1. The number of nitrogens with one attached hydrogen (secondary N) is 1. The quantitative estimate of drug-likeness (QED) is 0.332. The van der Waals surface area contributed by atoms with E-state index in [1.165, 1.54) is 48.5 Å². The van der Waals surface area contributed by atoms with Crippen LogP contribution >= 0.6 is 0 Å². The van der Waals surface area contributed by atoms with Gasteiger partial charge in [0.2, 0.25) is 0 Å². The maximum atomic E-state index is 12.7. The van der Waals surface area contributed by atoms with E-state index in [1.54, 1.807) is 6.07 Å². The summed E-state index contributed by atoms with van der Waals surface area (Å²) >= 11 is 0. The minimum Gasteiger partial charge on any atom is -0.508 e. The second-order valence-electron chi connectivity index (χ2n) is 7.67. The number of phenolic OH excluding ortho intramolecular Hbond substituents is 1. The Morgan fingerprint density at radius 1 is 1.03 bits per heavy atom. The maximum Gasteiger partial charge on any atom is 0.336 e. The molecule has 10 heteroatoms. The SMILES string of the molecule is C=CS(=O)(=O)CCNC(=O)c1ccc(C(=O)O)c(-c2c3ccc(=O)cc-3oc3cc(O)ccc23)c1. The van der Waals surface area contributed by atoms with Gasteiger partial charge in [0.15, 0.2) is 15.3 Å². The summed E-state index contributed by atoms with van der Waals surface area (Å²) in [5.41, 5.74) is 0.874. The van der Waals surface area contributed by atoms with Gasteiger partial charge in [-0.1, -0.05) is 6.58 Å². The highest BCUT2D eigenvalue weighted by molar-refractivity contribution is 7.94. The number of phenols is 1. The van der Waals surface area contributed by atoms with E-state index in [-0.39, 0.29) is 51.5 Å². The molecule has 178 valence electrons. The number of hydrogen-bond donors (Lipinski definition) is 3. The van der Waals surface area contributed by atoms with Crippen molar-refractivity contribution in [1.29, 1.82) is 0 Å². The number of carboxylic acids is 1. The predicted molar refractivity (Wildman–Crippen MR) is 129 cm³/mol. The third kappa shape index (κ3) is 4.78. The summed E-state index contributed by atoms with van der Waals surface area (Å²) in [5.74, 6) is -2.10. The van der Waals surface area contributed by atoms with E-state index in [0.717, 1.165) is 5.41 Å². The minimum absolute atomic E-state index is 0.0918. The Morgan fingerprint density at radius 2 is 1.80 bits per heavy atom. The van der Waals surface area contributed by atoms with Gasteiger partial charge in [-0.05, 0) is 48.0 Å². The van der Waals surface area contributed by atoms with Crippen molar-refractivity contribution < 1.29 is 32.6 Å². The van der Waals surface area contributed by atoms with Gasteiger partial charge in [-0.2, -0.15) is 0 Å². The van der Waals surface area contributed by atoms with Crippen LogP contribution in [0.3, 0.4) is 0 Å². The van der Waals surface area contributed by atoms with Crippen molar-refractivity contribution in [2.45, 2.75) is 0 Å². The van der Waals surface area contributed by atoms with E-state index in [2.05, 4.69) is 11.9 Å². The molecule has 3 N–H and O–H groups in total. The van der Waals surface area contributed by atoms with Crippen LogP contribution in [0.15, 0.2) is 75.8 Å². The van der Waals surface area contributed by atoms with Gasteiger partial charge < -0.3 is 19.9 Å². The number of aromatic hydroxyl groups is 1. The number of amides is 1. The zero-order valence-corrected chi connectivity index (χ0v) is 19.0. The molecule has 1 aliphatic carbocycles. The standard InChI is InChI=1S/C25H19NO8S/c1-2-35(32,33)10-9-26-24(29)14-3-6-17(25(30)31)20(11-14)23-18-7-4-15(27)12-21(18)34-22-13-16(28)5-8-19(22)23/h2-8,11-13,27H,1,9-10H2,(H,26,29)(H,30,31). The topological polar surface area (TPSA) is 151 Å². The molecular weight excluding hydrogens is 474 g/mol. The zero-order valence-electron chi connectivity index (χ0n) is 18.1. The lowest BCUT2D eigenvalue weighted by molar-refractivity contribution is 0.0697. The molecule has 1 aliphatic heterocycles. The highest BCUT2D eigenvalue weighted by Gasteiger charge is 2.23. The first kappa shape index (κ1) is 23.7. The maximum absolute atomic E-state index is 12.7. The van der Waals surface area contributed by atoms with Gasteiger partial charge in [0.05, 0.1) is 11.3 Å². The Balaban J connectivity index is 1.91. The van der Waals surface area contributed by atoms with E-state index in [1.807, 2.05) is 0 Å². The molecule has 2 aromatic carbocycles. The second-order valence-corrected chi connectivity index (χ2v) is 9.74. The summed E-state index contributed by atoms with van der Waals surface area (Å²) in [6.45, 7) is 3.06. The highest BCUT2D eigenvalue weighted by Crippen LogP contribution is 2.42. The summed E-state index contributed by atoms with van der Waals surface area (Å²) in [7, 11) is -3.51. The van der Waals surface area contributed by atoms with E-state index >= 15 is 0 Å². The summed E-state index contributed by atoms with van der Waals surface area (Å²) < 4.78 is 29.0. The van der Waals surface area contributed by atoms with Crippen LogP contribution in [0, 0.1) is 0 Å². The predicted octanol–water partition coefficient (Wildman–Crippen LogP) is 3.26. The van der Waals surface area contributed by atoms with E-state index in [9.17, 15) is 33.0 Å². The van der Waals surface area contributed by atoms with Crippen LogP contribution in [-0.2, 0) is 9.84 Å². The molecule has 1 heterocycles. The van der Waals surface area contributed by atoms with Crippen molar-refractivity contribution in [3.63, 3.8) is 0 Å². The van der Waals surface area contributed by atoms with Gasteiger partial charge in [-0.3, -0.25) is 9.59 Å². The van der Waals surface area contributed by atoms with Crippen molar-refractivity contribution in [3.8, 4) is 28.2 Å². The van der Waals surface area contributed by atoms with Gasteiger partial charge >= 0.3 is 5.97 Å². The van der Waals surface area contributed by atoms with Gasteiger partial charge in [0.1, 0.15) is 17.1 Å². The molecule has 0 saturated carbocycles. The van der Waals surface area contributed by atoms with Crippen molar-refractivity contribution in [3.05, 3.63) is 87.9 Å². The Bertz CT molecular complexity index is 1640. The molecule has 2 aliphatic rings. The van der Waals surface area contributed by atoms with Crippen LogP contribution in [0.2, 0.25) is 0 Å². The van der Waals surface area contributed by atoms with Crippen LogP contribution in [0.1, 0.15) is 20.7 Å². The number of rotatable bonds is 7. The smallest absolute Gasteiger partial charge is 0.336 e. The van der Waals surface area contributed by atoms with Crippen LogP contribution in [0.4, 0.5) is 0 Å². The van der Waals surface area contributed by atoms with Gasteiger partial charge in [-0.15, -0.1) is 0 Å². The number of sulfone groups is 1. The Morgan fingerprint density at radius 3 is 2.51 bits per heavy atom. The molecule has 35 heavy (non-hydrogen) atoms. The fourth-order valence-electron chi connectivity index (χ4n) is 3.72. The molecule has 0 radical (unpaired) electrons. The summed E-state index contributed by atoms with van der Waals surface area (Å²) in [4.78, 5) is 36.8. The highest BCUT2D eigenvalue weighted by atomic mass is 32.2. The Hall–Kier alpha value is -4.44. The van der Waals surface area contributed by atoms with E-state index in [0.29, 0.717) is 16.5 Å². The molecule has 0 atom stereocenters.